The van der Waals surface area contributed by atoms with Crippen LogP contribution >= 0.6 is 11.3 Å². The third-order valence-electron chi connectivity index (χ3n) is 6.23. The van der Waals surface area contributed by atoms with Gasteiger partial charge in [0.2, 0.25) is 0 Å². The summed E-state index contributed by atoms with van der Waals surface area (Å²) in [5, 5.41) is 5.77. The number of guanidine groups is 1. The van der Waals surface area contributed by atoms with Gasteiger partial charge in [0.1, 0.15) is 11.9 Å². The first-order valence-corrected chi connectivity index (χ1v) is 12.1. The molecular weight excluding hydrogens is 411 g/mol. The molecule has 1 aromatic carbocycles. The molecule has 2 aliphatic heterocycles. The summed E-state index contributed by atoms with van der Waals surface area (Å²) in [4.78, 5) is 10.8. The Hall–Kier alpha value is -1.96. The van der Waals surface area contributed by atoms with Gasteiger partial charge in [0.25, 0.3) is 0 Å². The zero-order valence-corrected chi connectivity index (χ0v) is 19.3. The normalized spacial score (nSPS) is 23.8. The van der Waals surface area contributed by atoms with Crippen LogP contribution in [-0.4, -0.2) is 61.6 Å². The maximum Gasteiger partial charge on any atom is 0.193 e. The second-order valence-corrected chi connectivity index (χ2v) is 9.65. The summed E-state index contributed by atoms with van der Waals surface area (Å²) >= 11 is 1.85. The Morgan fingerprint density at radius 1 is 1.19 bits per heavy atom. The molecule has 7 heteroatoms. The van der Waals surface area contributed by atoms with Crippen molar-refractivity contribution >= 4 is 17.3 Å². The lowest BCUT2D eigenvalue weighted by atomic mass is 9.97. The van der Waals surface area contributed by atoms with E-state index in [1.807, 2.05) is 30.5 Å². The lowest BCUT2D eigenvalue weighted by molar-refractivity contribution is -0.0605. The van der Waals surface area contributed by atoms with E-state index >= 15 is 0 Å². The van der Waals surface area contributed by atoms with Crippen molar-refractivity contribution in [2.45, 2.75) is 38.5 Å². The SMILES string of the molecule is CN=C(NCC1CCN(Cc2cccs2)CC1)N1CC(C)OC(c2ccc(F)cc2)C1. The van der Waals surface area contributed by atoms with Crippen molar-refractivity contribution in [2.75, 3.05) is 39.8 Å². The number of rotatable bonds is 5. The molecule has 31 heavy (non-hydrogen) atoms. The van der Waals surface area contributed by atoms with Crippen molar-refractivity contribution in [3.8, 4) is 0 Å². The molecule has 5 nitrogen and oxygen atoms in total. The van der Waals surface area contributed by atoms with Crippen LogP contribution in [0.4, 0.5) is 4.39 Å². The van der Waals surface area contributed by atoms with Crippen LogP contribution in [0.25, 0.3) is 0 Å². The quantitative estimate of drug-likeness (QED) is 0.556. The number of morpholine rings is 1. The van der Waals surface area contributed by atoms with Crippen LogP contribution in [-0.2, 0) is 11.3 Å². The number of nitrogens with zero attached hydrogens (tertiary/aromatic N) is 3. The summed E-state index contributed by atoms with van der Waals surface area (Å²) in [6.45, 7) is 7.95. The number of ether oxygens (including phenoxy) is 1. The average molecular weight is 445 g/mol. The Morgan fingerprint density at radius 3 is 2.65 bits per heavy atom. The Morgan fingerprint density at radius 2 is 1.97 bits per heavy atom. The van der Waals surface area contributed by atoms with Gasteiger partial charge in [0, 0.05) is 31.6 Å². The standard InChI is InChI=1S/C24H33FN4OS/c1-18-15-29(17-23(30-18)20-5-7-21(25)8-6-20)24(26-2)27-14-19-9-11-28(12-10-19)16-22-4-3-13-31-22/h3-8,13,18-19,23H,9-12,14-17H2,1-2H3,(H,26,27). The van der Waals surface area contributed by atoms with E-state index in [4.69, 9.17) is 4.74 Å². The maximum absolute atomic E-state index is 13.3. The van der Waals surface area contributed by atoms with Crippen LogP contribution in [0, 0.1) is 11.7 Å². The molecule has 3 heterocycles. The summed E-state index contributed by atoms with van der Waals surface area (Å²) in [5.41, 5.74) is 1.01. The summed E-state index contributed by atoms with van der Waals surface area (Å²) in [6.07, 6.45) is 2.44. The van der Waals surface area contributed by atoms with E-state index in [-0.39, 0.29) is 18.0 Å². The van der Waals surface area contributed by atoms with Crippen LogP contribution < -0.4 is 5.32 Å². The summed E-state index contributed by atoms with van der Waals surface area (Å²) in [6, 6.07) is 11.0. The molecule has 2 aliphatic rings. The monoisotopic (exact) mass is 444 g/mol. The Balaban J connectivity index is 1.27. The smallest absolute Gasteiger partial charge is 0.193 e. The molecule has 0 spiro atoms. The molecule has 2 saturated heterocycles. The Bertz CT molecular complexity index is 834. The minimum Gasteiger partial charge on any atom is -0.367 e. The highest BCUT2D eigenvalue weighted by Gasteiger charge is 2.29. The molecule has 168 valence electrons. The molecule has 1 N–H and O–H groups in total. The number of benzene rings is 1. The fraction of sp³-hybridized carbons (Fsp3) is 0.542. The van der Waals surface area contributed by atoms with Crippen LogP contribution in [0.15, 0.2) is 46.8 Å². The van der Waals surface area contributed by atoms with Gasteiger partial charge in [0.05, 0.1) is 12.6 Å². The summed E-state index contributed by atoms with van der Waals surface area (Å²) < 4.78 is 19.4. The van der Waals surface area contributed by atoms with E-state index in [0.717, 1.165) is 50.8 Å². The van der Waals surface area contributed by atoms with Crippen molar-refractivity contribution in [1.82, 2.24) is 15.1 Å². The molecule has 2 aromatic rings. The van der Waals surface area contributed by atoms with E-state index in [1.54, 1.807) is 0 Å². The highest BCUT2D eigenvalue weighted by atomic mass is 32.1. The van der Waals surface area contributed by atoms with Crippen molar-refractivity contribution in [2.24, 2.45) is 10.9 Å². The number of piperidine rings is 1. The topological polar surface area (TPSA) is 40.1 Å². The van der Waals surface area contributed by atoms with Crippen LogP contribution in [0.1, 0.15) is 36.3 Å². The lowest BCUT2D eigenvalue weighted by Crippen LogP contribution is -2.51. The van der Waals surface area contributed by atoms with E-state index in [1.165, 1.54) is 29.9 Å². The van der Waals surface area contributed by atoms with Crippen LogP contribution in [0.5, 0.6) is 0 Å². The van der Waals surface area contributed by atoms with Crippen molar-refractivity contribution in [3.05, 3.63) is 58.0 Å². The van der Waals surface area contributed by atoms with E-state index in [2.05, 4.69) is 44.5 Å². The first kappa shape index (κ1) is 22.2. The average Bonchev–Trinajstić information content (AvgIpc) is 3.28. The fourth-order valence-electron chi connectivity index (χ4n) is 4.53. The largest absolute Gasteiger partial charge is 0.367 e. The molecule has 0 amide bonds. The first-order valence-electron chi connectivity index (χ1n) is 11.2. The van der Waals surface area contributed by atoms with Gasteiger partial charge >= 0.3 is 0 Å². The molecule has 2 fully saturated rings. The van der Waals surface area contributed by atoms with Crippen molar-refractivity contribution in [1.29, 1.82) is 0 Å². The minimum atomic E-state index is -0.219. The highest BCUT2D eigenvalue weighted by Crippen LogP contribution is 2.26. The molecule has 0 aliphatic carbocycles. The number of halogens is 1. The van der Waals surface area contributed by atoms with E-state index in [9.17, 15) is 4.39 Å². The zero-order chi connectivity index (χ0) is 21.6. The van der Waals surface area contributed by atoms with Gasteiger partial charge in [-0.25, -0.2) is 4.39 Å². The molecule has 4 rings (SSSR count). The second kappa shape index (κ2) is 10.6. The highest BCUT2D eigenvalue weighted by molar-refractivity contribution is 7.09. The number of nitrogens with one attached hydrogen (secondary N) is 1. The molecule has 1 aromatic heterocycles. The lowest BCUT2D eigenvalue weighted by Gasteiger charge is -2.39. The minimum absolute atomic E-state index is 0.0802. The number of likely N-dealkylation sites (tertiary alicyclic amines) is 1. The number of hydrogen-bond donors (Lipinski definition) is 1. The molecule has 2 unspecified atom stereocenters. The predicted molar refractivity (Wildman–Crippen MR) is 125 cm³/mol. The fourth-order valence-corrected chi connectivity index (χ4v) is 5.27. The first-order chi connectivity index (χ1) is 15.1. The maximum atomic E-state index is 13.3. The molecular formula is C24H33FN4OS. The van der Waals surface area contributed by atoms with Crippen molar-refractivity contribution < 1.29 is 9.13 Å². The van der Waals surface area contributed by atoms with Crippen molar-refractivity contribution in [3.63, 3.8) is 0 Å². The number of aliphatic imine (C=N–C) groups is 1. The molecule has 0 bridgehead atoms. The summed E-state index contributed by atoms with van der Waals surface area (Å²) in [7, 11) is 1.85. The molecule has 0 saturated carbocycles. The van der Waals surface area contributed by atoms with Gasteiger partial charge in [-0.2, -0.15) is 0 Å². The number of thiophene rings is 1. The third kappa shape index (κ3) is 6.05. The third-order valence-corrected chi connectivity index (χ3v) is 7.09. The van der Waals surface area contributed by atoms with Gasteiger partial charge in [-0.3, -0.25) is 9.89 Å². The van der Waals surface area contributed by atoms with Crippen LogP contribution in [0.3, 0.4) is 0 Å². The van der Waals surface area contributed by atoms with Gasteiger partial charge in [-0.05, 0) is 67.9 Å². The van der Waals surface area contributed by atoms with Gasteiger partial charge in [-0.15, -0.1) is 11.3 Å². The van der Waals surface area contributed by atoms with E-state index in [0.29, 0.717) is 5.92 Å². The number of hydrogen-bond acceptors (Lipinski definition) is 4. The molecule has 2 atom stereocenters. The zero-order valence-electron chi connectivity index (χ0n) is 18.5. The molecule has 0 radical (unpaired) electrons. The van der Waals surface area contributed by atoms with E-state index < -0.39 is 0 Å². The van der Waals surface area contributed by atoms with Gasteiger partial charge < -0.3 is 15.0 Å². The second-order valence-electron chi connectivity index (χ2n) is 8.62. The Labute approximate surface area is 188 Å². The summed E-state index contributed by atoms with van der Waals surface area (Å²) in [5.74, 6) is 1.38. The van der Waals surface area contributed by atoms with Gasteiger partial charge in [-0.1, -0.05) is 18.2 Å². The van der Waals surface area contributed by atoms with Gasteiger partial charge in [0.15, 0.2) is 5.96 Å². The predicted octanol–water partition coefficient (Wildman–Crippen LogP) is 4.14. The Kier molecular flexibility index (Phi) is 7.58. The van der Waals surface area contributed by atoms with Crippen LogP contribution in [0.2, 0.25) is 0 Å².